The number of hydrogen-bond donors (Lipinski definition) is 0. The number of halogens is 1. The molecular formula is C5H7BrNP. The zero-order valence-corrected chi connectivity index (χ0v) is 7.11. The second-order valence-electron chi connectivity index (χ2n) is 1.25. The van der Waals surface area contributed by atoms with Gasteiger partial charge in [0.2, 0.25) is 0 Å². The van der Waals surface area contributed by atoms with Gasteiger partial charge in [-0.05, 0) is 12.1 Å². The Hall–Kier alpha value is 0.0600. The van der Waals surface area contributed by atoms with E-state index >= 15 is 0 Å². The van der Waals surface area contributed by atoms with Crippen molar-refractivity contribution in [2.24, 2.45) is 0 Å². The van der Waals surface area contributed by atoms with Crippen molar-refractivity contribution < 1.29 is 0 Å². The molecule has 0 radical (unpaired) electrons. The third-order valence-corrected chi connectivity index (χ3v) is 1.03. The van der Waals surface area contributed by atoms with Gasteiger partial charge in [0.1, 0.15) is 0 Å². The van der Waals surface area contributed by atoms with Gasteiger partial charge < -0.3 is 0 Å². The molecule has 3 heteroatoms. The van der Waals surface area contributed by atoms with Crippen molar-refractivity contribution in [3.8, 4) is 0 Å². The third-order valence-electron chi connectivity index (χ3n) is 0.688. The van der Waals surface area contributed by atoms with E-state index in [1.54, 1.807) is 6.20 Å². The Labute approximate surface area is 61.5 Å². The summed E-state index contributed by atoms with van der Waals surface area (Å²) in [6.45, 7) is 0. The summed E-state index contributed by atoms with van der Waals surface area (Å²) in [5.41, 5.74) is 0.988. The predicted octanol–water partition coefficient (Wildman–Crippen LogP) is 1.16. The lowest BCUT2D eigenvalue weighted by molar-refractivity contribution is 1.40. The fourth-order valence-corrected chi connectivity index (χ4v) is 0.573. The van der Waals surface area contributed by atoms with Crippen LogP contribution in [0.15, 0.2) is 24.4 Å². The molecule has 1 atom stereocenters. The van der Waals surface area contributed by atoms with Gasteiger partial charge in [-0.3, -0.25) is 4.98 Å². The van der Waals surface area contributed by atoms with Gasteiger partial charge in [0.25, 0.3) is 0 Å². The Kier molecular flexibility index (Phi) is 4.02. The Morgan fingerprint density at radius 3 is 2.38 bits per heavy atom. The average molecular weight is 192 g/mol. The summed E-state index contributed by atoms with van der Waals surface area (Å²) < 4.78 is 0. The van der Waals surface area contributed by atoms with Gasteiger partial charge in [0.05, 0.1) is 5.44 Å². The van der Waals surface area contributed by atoms with Crippen LogP contribution in [0.25, 0.3) is 0 Å². The minimum Gasteiger partial charge on any atom is -0.257 e. The van der Waals surface area contributed by atoms with E-state index < -0.39 is 0 Å². The first-order chi connectivity index (χ1) is 3.39. The van der Waals surface area contributed by atoms with Crippen LogP contribution in [0.5, 0.6) is 0 Å². The van der Waals surface area contributed by atoms with Crippen LogP contribution >= 0.6 is 26.2 Å². The fraction of sp³-hybridized carbons (Fsp3) is 0. The molecule has 44 valence electrons. The zero-order valence-electron chi connectivity index (χ0n) is 4.24. The van der Waals surface area contributed by atoms with E-state index in [1.807, 2.05) is 18.2 Å². The minimum absolute atomic E-state index is 0. The fourth-order valence-electron chi connectivity index (χ4n) is 0.376. The van der Waals surface area contributed by atoms with Gasteiger partial charge in [-0.1, -0.05) is 15.3 Å². The SMILES string of the molecule is Br.Pc1ccccn1. The smallest absolute Gasteiger partial charge is 0.0569 e. The summed E-state index contributed by atoms with van der Waals surface area (Å²) in [5, 5.41) is 0. The number of nitrogens with zero attached hydrogens (tertiary/aromatic N) is 1. The molecule has 0 aliphatic rings. The number of aromatic nitrogens is 1. The molecule has 0 N–H and O–H groups in total. The first kappa shape index (κ1) is 8.06. The molecule has 1 aromatic heterocycles. The molecule has 0 fully saturated rings. The minimum atomic E-state index is 0. The second kappa shape index (κ2) is 3.99. The zero-order chi connectivity index (χ0) is 5.11. The van der Waals surface area contributed by atoms with Crippen molar-refractivity contribution >= 4 is 31.7 Å². The Morgan fingerprint density at radius 2 is 2.12 bits per heavy atom. The van der Waals surface area contributed by atoms with Crippen LogP contribution < -0.4 is 5.44 Å². The molecule has 0 bridgehead atoms. The highest BCUT2D eigenvalue weighted by Gasteiger charge is 1.73. The lowest BCUT2D eigenvalue weighted by Crippen LogP contribution is -1.91. The molecule has 1 aromatic rings. The highest BCUT2D eigenvalue weighted by molar-refractivity contribution is 8.93. The van der Waals surface area contributed by atoms with Crippen LogP contribution in [-0.4, -0.2) is 4.98 Å². The van der Waals surface area contributed by atoms with Crippen molar-refractivity contribution in [3.05, 3.63) is 24.4 Å². The molecule has 1 unspecified atom stereocenters. The van der Waals surface area contributed by atoms with Crippen LogP contribution in [0.4, 0.5) is 0 Å². The van der Waals surface area contributed by atoms with Crippen molar-refractivity contribution in [2.75, 3.05) is 0 Å². The van der Waals surface area contributed by atoms with E-state index in [4.69, 9.17) is 0 Å². The van der Waals surface area contributed by atoms with Crippen LogP contribution in [0.2, 0.25) is 0 Å². The Balaban J connectivity index is 0.000000490. The van der Waals surface area contributed by atoms with Crippen LogP contribution in [0.3, 0.4) is 0 Å². The van der Waals surface area contributed by atoms with Gasteiger partial charge in [-0.2, -0.15) is 0 Å². The largest absolute Gasteiger partial charge is 0.257 e. The molecule has 0 aliphatic carbocycles. The average Bonchev–Trinajstić information content (AvgIpc) is 1.69. The highest BCUT2D eigenvalue weighted by Crippen LogP contribution is 1.80. The molecule has 0 saturated carbocycles. The summed E-state index contributed by atoms with van der Waals surface area (Å²) >= 11 is 0. The van der Waals surface area contributed by atoms with Gasteiger partial charge in [0, 0.05) is 6.20 Å². The maximum absolute atomic E-state index is 3.94. The van der Waals surface area contributed by atoms with Gasteiger partial charge in [-0.25, -0.2) is 0 Å². The van der Waals surface area contributed by atoms with E-state index in [1.165, 1.54) is 0 Å². The maximum Gasteiger partial charge on any atom is 0.0569 e. The highest BCUT2D eigenvalue weighted by atomic mass is 79.9. The Bertz CT molecular complexity index is 142. The van der Waals surface area contributed by atoms with E-state index in [-0.39, 0.29) is 17.0 Å². The van der Waals surface area contributed by atoms with Gasteiger partial charge >= 0.3 is 0 Å². The van der Waals surface area contributed by atoms with Crippen LogP contribution in [0, 0.1) is 0 Å². The summed E-state index contributed by atoms with van der Waals surface area (Å²) in [6, 6.07) is 5.79. The first-order valence-corrected chi connectivity index (χ1v) is 2.64. The molecule has 0 saturated heterocycles. The predicted molar refractivity (Wildman–Crippen MR) is 43.9 cm³/mol. The topological polar surface area (TPSA) is 12.9 Å². The summed E-state index contributed by atoms with van der Waals surface area (Å²) in [6.07, 6.45) is 1.77. The summed E-state index contributed by atoms with van der Waals surface area (Å²) in [4.78, 5) is 3.94. The van der Waals surface area contributed by atoms with Crippen molar-refractivity contribution in [2.45, 2.75) is 0 Å². The van der Waals surface area contributed by atoms with Crippen LogP contribution in [-0.2, 0) is 0 Å². The molecule has 1 nitrogen and oxygen atoms in total. The monoisotopic (exact) mass is 191 g/mol. The van der Waals surface area contributed by atoms with Gasteiger partial charge in [0.15, 0.2) is 0 Å². The molecule has 1 heterocycles. The third kappa shape index (κ3) is 2.39. The van der Waals surface area contributed by atoms with E-state index in [2.05, 4.69) is 14.2 Å². The molecule has 0 spiro atoms. The van der Waals surface area contributed by atoms with Crippen LogP contribution in [0.1, 0.15) is 0 Å². The molecule has 1 rings (SSSR count). The van der Waals surface area contributed by atoms with Crippen molar-refractivity contribution in [1.29, 1.82) is 0 Å². The van der Waals surface area contributed by atoms with Gasteiger partial charge in [-0.15, -0.1) is 17.0 Å². The number of pyridine rings is 1. The first-order valence-electron chi connectivity index (χ1n) is 2.06. The lowest BCUT2D eigenvalue weighted by atomic mass is 10.5. The van der Waals surface area contributed by atoms with Crippen molar-refractivity contribution in [3.63, 3.8) is 0 Å². The quantitative estimate of drug-likeness (QED) is 0.562. The van der Waals surface area contributed by atoms with E-state index in [0.29, 0.717) is 0 Å². The standard InChI is InChI=1S/C5H6NP.BrH/c7-5-3-1-2-4-6-5;/h1-4H,7H2;1H. The molecule has 0 aromatic carbocycles. The normalized spacial score (nSPS) is 7.62. The second-order valence-corrected chi connectivity index (χ2v) is 1.85. The Morgan fingerprint density at radius 1 is 1.38 bits per heavy atom. The molecule has 0 aliphatic heterocycles. The number of hydrogen-bond acceptors (Lipinski definition) is 1. The van der Waals surface area contributed by atoms with Crippen molar-refractivity contribution in [1.82, 2.24) is 4.98 Å². The molecule has 0 amide bonds. The summed E-state index contributed by atoms with van der Waals surface area (Å²) in [7, 11) is 2.52. The maximum atomic E-state index is 3.94. The molecule has 8 heavy (non-hydrogen) atoms. The molecular weight excluding hydrogens is 185 g/mol. The van der Waals surface area contributed by atoms with E-state index in [9.17, 15) is 0 Å². The van der Waals surface area contributed by atoms with E-state index in [0.717, 1.165) is 5.44 Å². The summed E-state index contributed by atoms with van der Waals surface area (Å²) in [5.74, 6) is 0. The number of rotatable bonds is 0. The lowest BCUT2D eigenvalue weighted by Gasteiger charge is -1.82.